The van der Waals surface area contributed by atoms with Crippen molar-refractivity contribution in [1.29, 1.82) is 0 Å². The first-order valence-electron chi connectivity index (χ1n) is 4.68. The van der Waals surface area contributed by atoms with E-state index in [1.807, 2.05) is 36.4 Å². The number of halogens is 1. The normalized spacial score (nSPS) is 25.2. The van der Waals surface area contributed by atoms with Crippen LogP contribution >= 0.6 is 15.9 Å². The van der Waals surface area contributed by atoms with Gasteiger partial charge >= 0.3 is 0 Å². The Hall–Kier alpha value is -0.890. The third-order valence-electron chi connectivity index (χ3n) is 2.32. The minimum absolute atomic E-state index is 0.218. The first-order valence-corrected chi connectivity index (χ1v) is 5.60. The minimum Gasteiger partial charge on any atom is -0.295 e. The van der Waals surface area contributed by atoms with Crippen molar-refractivity contribution in [3.63, 3.8) is 0 Å². The molecular formula is C12H11BrO. The SMILES string of the molecule is O=C(/C=C/c1ccccc1)C1CC1Br. The van der Waals surface area contributed by atoms with Crippen LogP contribution in [-0.4, -0.2) is 10.6 Å². The van der Waals surface area contributed by atoms with Crippen molar-refractivity contribution >= 4 is 27.8 Å². The molecule has 2 atom stereocenters. The number of benzene rings is 1. The molecule has 2 unspecified atom stereocenters. The van der Waals surface area contributed by atoms with Gasteiger partial charge in [-0.1, -0.05) is 52.3 Å². The maximum absolute atomic E-state index is 11.5. The van der Waals surface area contributed by atoms with E-state index in [-0.39, 0.29) is 11.7 Å². The molecule has 1 saturated carbocycles. The molecule has 0 amide bonds. The van der Waals surface area contributed by atoms with Gasteiger partial charge in [0.15, 0.2) is 5.78 Å². The molecule has 0 radical (unpaired) electrons. The van der Waals surface area contributed by atoms with Gasteiger partial charge in [-0.3, -0.25) is 4.79 Å². The molecule has 1 aliphatic carbocycles. The average Bonchev–Trinajstić information content (AvgIpc) is 2.94. The lowest BCUT2D eigenvalue weighted by Crippen LogP contribution is -1.96. The Kier molecular flexibility index (Phi) is 2.82. The first-order chi connectivity index (χ1) is 6.77. The van der Waals surface area contributed by atoms with Gasteiger partial charge < -0.3 is 0 Å². The summed E-state index contributed by atoms with van der Waals surface area (Å²) in [5.41, 5.74) is 1.08. The number of ketones is 1. The van der Waals surface area contributed by atoms with Gasteiger partial charge in [0.05, 0.1) is 0 Å². The fourth-order valence-corrected chi connectivity index (χ4v) is 1.99. The summed E-state index contributed by atoms with van der Waals surface area (Å²) in [5, 5.41) is 0. The molecule has 0 bridgehead atoms. The highest BCUT2D eigenvalue weighted by Gasteiger charge is 2.39. The second-order valence-corrected chi connectivity index (χ2v) is 4.68. The fraction of sp³-hybridized carbons (Fsp3) is 0.250. The minimum atomic E-state index is 0.218. The topological polar surface area (TPSA) is 17.1 Å². The predicted molar refractivity (Wildman–Crippen MR) is 61.3 cm³/mol. The van der Waals surface area contributed by atoms with Crippen molar-refractivity contribution in [1.82, 2.24) is 0 Å². The summed E-state index contributed by atoms with van der Waals surface area (Å²) >= 11 is 3.42. The van der Waals surface area contributed by atoms with E-state index in [1.54, 1.807) is 6.08 Å². The third-order valence-corrected chi connectivity index (χ3v) is 3.33. The van der Waals surface area contributed by atoms with Crippen LogP contribution in [0.4, 0.5) is 0 Å². The van der Waals surface area contributed by atoms with Gasteiger partial charge in [0.25, 0.3) is 0 Å². The van der Waals surface area contributed by atoms with Crippen molar-refractivity contribution in [2.75, 3.05) is 0 Å². The number of alkyl halides is 1. The van der Waals surface area contributed by atoms with Crippen molar-refractivity contribution in [2.24, 2.45) is 5.92 Å². The summed E-state index contributed by atoms with van der Waals surface area (Å²) in [5.74, 6) is 0.450. The molecule has 0 spiro atoms. The Morgan fingerprint density at radius 1 is 1.36 bits per heavy atom. The molecule has 1 nitrogen and oxygen atoms in total. The molecule has 72 valence electrons. The van der Waals surface area contributed by atoms with Crippen molar-refractivity contribution in [3.05, 3.63) is 42.0 Å². The summed E-state index contributed by atoms with van der Waals surface area (Å²) < 4.78 is 0. The van der Waals surface area contributed by atoms with Crippen LogP contribution in [0, 0.1) is 5.92 Å². The van der Waals surface area contributed by atoms with Crippen LogP contribution < -0.4 is 0 Å². The summed E-state index contributed by atoms with van der Waals surface area (Å²) in [6.07, 6.45) is 4.54. The highest BCUT2D eigenvalue weighted by Crippen LogP contribution is 2.38. The van der Waals surface area contributed by atoms with Crippen LogP contribution in [-0.2, 0) is 4.79 Å². The molecule has 0 saturated heterocycles. The molecule has 0 N–H and O–H groups in total. The van der Waals surface area contributed by atoms with Gasteiger partial charge in [-0.2, -0.15) is 0 Å². The maximum Gasteiger partial charge on any atom is 0.159 e. The van der Waals surface area contributed by atoms with Crippen molar-refractivity contribution < 1.29 is 4.79 Å². The van der Waals surface area contributed by atoms with Crippen LogP contribution in [0.5, 0.6) is 0 Å². The molecule has 0 aliphatic heterocycles. The average molecular weight is 251 g/mol. The van der Waals surface area contributed by atoms with Crippen LogP contribution in [0.1, 0.15) is 12.0 Å². The molecular weight excluding hydrogens is 240 g/mol. The number of carbonyl (C=O) groups is 1. The molecule has 1 aromatic carbocycles. The molecule has 1 aliphatic rings. The van der Waals surface area contributed by atoms with Crippen molar-refractivity contribution in [2.45, 2.75) is 11.2 Å². The van der Waals surface area contributed by atoms with Crippen LogP contribution in [0.2, 0.25) is 0 Å². The standard InChI is InChI=1S/C12H11BrO/c13-11-8-10(11)12(14)7-6-9-4-2-1-3-5-9/h1-7,10-11H,8H2/b7-6+. The van der Waals surface area contributed by atoms with Gasteiger partial charge in [-0.25, -0.2) is 0 Å². The number of hydrogen-bond donors (Lipinski definition) is 0. The second kappa shape index (κ2) is 4.09. The van der Waals surface area contributed by atoms with E-state index in [0.717, 1.165) is 12.0 Å². The van der Waals surface area contributed by atoms with E-state index in [9.17, 15) is 4.79 Å². The van der Waals surface area contributed by atoms with Crippen LogP contribution in [0.25, 0.3) is 6.08 Å². The summed E-state index contributed by atoms with van der Waals surface area (Å²) in [6.45, 7) is 0. The van der Waals surface area contributed by atoms with Gasteiger partial charge in [0.1, 0.15) is 0 Å². The molecule has 2 rings (SSSR count). The number of rotatable bonds is 3. The largest absolute Gasteiger partial charge is 0.295 e. The van der Waals surface area contributed by atoms with E-state index in [2.05, 4.69) is 15.9 Å². The number of allylic oxidation sites excluding steroid dienone is 1. The van der Waals surface area contributed by atoms with Gasteiger partial charge in [0, 0.05) is 10.7 Å². The Morgan fingerprint density at radius 2 is 2.00 bits per heavy atom. The zero-order valence-electron chi connectivity index (χ0n) is 7.69. The van der Waals surface area contributed by atoms with Gasteiger partial charge in [0.2, 0.25) is 0 Å². The molecule has 1 fully saturated rings. The quantitative estimate of drug-likeness (QED) is 0.596. The monoisotopic (exact) mass is 250 g/mol. The lowest BCUT2D eigenvalue weighted by molar-refractivity contribution is -0.115. The summed E-state index contributed by atoms with van der Waals surface area (Å²) in [4.78, 5) is 11.9. The van der Waals surface area contributed by atoms with E-state index in [4.69, 9.17) is 0 Å². The molecule has 0 heterocycles. The highest BCUT2D eigenvalue weighted by atomic mass is 79.9. The van der Waals surface area contributed by atoms with E-state index < -0.39 is 0 Å². The fourth-order valence-electron chi connectivity index (χ4n) is 1.32. The second-order valence-electron chi connectivity index (χ2n) is 3.50. The Labute approximate surface area is 92.0 Å². The predicted octanol–water partition coefficient (Wildman–Crippen LogP) is 3.05. The Bertz CT molecular complexity index is 356. The van der Waals surface area contributed by atoms with E-state index in [0.29, 0.717) is 4.83 Å². The maximum atomic E-state index is 11.5. The Morgan fingerprint density at radius 3 is 2.57 bits per heavy atom. The Balaban J connectivity index is 1.97. The number of carbonyl (C=O) groups excluding carboxylic acids is 1. The zero-order chi connectivity index (χ0) is 9.97. The third kappa shape index (κ3) is 2.32. The van der Waals surface area contributed by atoms with Crippen LogP contribution in [0.3, 0.4) is 0 Å². The van der Waals surface area contributed by atoms with Crippen LogP contribution in [0.15, 0.2) is 36.4 Å². The molecule has 1 aromatic rings. The van der Waals surface area contributed by atoms with Gasteiger partial charge in [-0.15, -0.1) is 0 Å². The lowest BCUT2D eigenvalue weighted by Gasteiger charge is -1.91. The molecule has 14 heavy (non-hydrogen) atoms. The number of hydrogen-bond acceptors (Lipinski definition) is 1. The smallest absolute Gasteiger partial charge is 0.159 e. The van der Waals surface area contributed by atoms with E-state index in [1.165, 1.54) is 0 Å². The van der Waals surface area contributed by atoms with Crippen molar-refractivity contribution in [3.8, 4) is 0 Å². The molecule has 0 aromatic heterocycles. The zero-order valence-corrected chi connectivity index (χ0v) is 9.28. The lowest BCUT2D eigenvalue weighted by atomic mass is 10.1. The highest BCUT2D eigenvalue weighted by molar-refractivity contribution is 9.09. The van der Waals surface area contributed by atoms with E-state index >= 15 is 0 Å². The first kappa shape index (κ1) is 9.66. The molecule has 2 heteroatoms. The van der Waals surface area contributed by atoms with Gasteiger partial charge in [-0.05, 0) is 18.1 Å². The summed E-state index contributed by atoms with van der Waals surface area (Å²) in [7, 11) is 0. The summed E-state index contributed by atoms with van der Waals surface area (Å²) in [6, 6.07) is 9.88.